The fourth-order valence-electron chi connectivity index (χ4n) is 4.54. The van der Waals surface area contributed by atoms with Crippen molar-refractivity contribution >= 4 is 11.8 Å². The molecule has 3 fully saturated rings. The van der Waals surface area contributed by atoms with Gasteiger partial charge in [-0.05, 0) is 62.3 Å². The molecule has 1 aromatic rings. The molecule has 2 nitrogen and oxygen atoms in total. The van der Waals surface area contributed by atoms with Crippen molar-refractivity contribution in [3.63, 3.8) is 0 Å². The van der Waals surface area contributed by atoms with Crippen LogP contribution >= 0.6 is 11.8 Å². The molecule has 6 heteroatoms. The zero-order chi connectivity index (χ0) is 16.8. The van der Waals surface area contributed by atoms with E-state index in [9.17, 15) is 13.2 Å². The zero-order valence-electron chi connectivity index (χ0n) is 13.7. The number of hydrogen-bond donors (Lipinski definition) is 0. The molecule has 132 valence electrons. The number of hydrogen-bond acceptors (Lipinski definition) is 3. The van der Waals surface area contributed by atoms with Crippen LogP contribution in [0.15, 0.2) is 18.3 Å². The van der Waals surface area contributed by atoms with Gasteiger partial charge in [-0.3, -0.25) is 9.88 Å². The molecular weight excluding hydrogens is 333 g/mol. The Morgan fingerprint density at radius 2 is 1.92 bits per heavy atom. The van der Waals surface area contributed by atoms with Gasteiger partial charge in [-0.25, -0.2) is 0 Å². The summed E-state index contributed by atoms with van der Waals surface area (Å²) in [5.41, 5.74) is 0.643. The molecule has 0 bridgehead atoms. The van der Waals surface area contributed by atoms with E-state index in [0.717, 1.165) is 31.2 Å². The third kappa shape index (κ3) is 3.19. The SMILES string of the molecule is FC(F)(F)c1cc(C2CCC(N3CCC4(CSC4)C3)CC2)ccn1. The van der Waals surface area contributed by atoms with Crippen LogP contribution in [-0.2, 0) is 6.18 Å². The van der Waals surface area contributed by atoms with E-state index in [1.807, 2.05) is 0 Å². The maximum absolute atomic E-state index is 12.8. The second-order valence-electron chi connectivity index (χ2n) is 7.69. The largest absolute Gasteiger partial charge is 0.433 e. The van der Waals surface area contributed by atoms with Crippen molar-refractivity contribution in [2.75, 3.05) is 24.6 Å². The Hall–Kier alpha value is -0.750. The molecule has 2 saturated heterocycles. The molecule has 0 aromatic carbocycles. The average Bonchev–Trinajstić information content (AvgIpc) is 3.00. The van der Waals surface area contributed by atoms with Crippen molar-refractivity contribution in [3.05, 3.63) is 29.6 Å². The smallest absolute Gasteiger partial charge is 0.300 e. The summed E-state index contributed by atoms with van der Waals surface area (Å²) in [5.74, 6) is 2.88. The van der Waals surface area contributed by atoms with E-state index in [1.165, 1.54) is 43.3 Å². The van der Waals surface area contributed by atoms with Crippen LogP contribution in [0.2, 0.25) is 0 Å². The topological polar surface area (TPSA) is 16.1 Å². The summed E-state index contributed by atoms with van der Waals surface area (Å²) in [6, 6.07) is 3.65. The first-order valence-corrected chi connectivity index (χ1v) is 9.96. The average molecular weight is 356 g/mol. The van der Waals surface area contributed by atoms with Crippen LogP contribution in [0.25, 0.3) is 0 Å². The molecule has 2 aliphatic heterocycles. The highest BCUT2D eigenvalue weighted by atomic mass is 32.2. The quantitative estimate of drug-likeness (QED) is 0.772. The fraction of sp³-hybridized carbons (Fsp3) is 0.722. The van der Waals surface area contributed by atoms with Gasteiger partial charge in [0.15, 0.2) is 0 Å². The zero-order valence-corrected chi connectivity index (χ0v) is 14.5. The number of rotatable bonds is 2. The third-order valence-corrected chi connectivity index (χ3v) is 7.68. The van der Waals surface area contributed by atoms with Gasteiger partial charge in [-0.1, -0.05) is 0 Å². The predicted molar refractivity (Wildman–Crippen MR) is 90.2 cm³/mol. The normalized spacial score (nSPS) is 30.5. The number of halogens is 3. The maximum atomic E-state index is 12.8. The molecule has 1 saturated carbocycles. The standard InChI is InChI=1S/C18H23F3N2S/c19-18(20,21)16-9-14(5-7-22-16)13-1-3-15(4-2-13)23-8-6-17(10-23)11-24-12-17/h5,7,9,13,15H,1-4,6,8,10-12H2. The molecule has 0 unspecified atom stereocenters. The van der Waals surface area contributed by atoms with Gasteiger partial charge in [0.1, 0.15) is 5.69 Å². The van der Waals surface area contributed by atoms with Gasteiger partial charge in [-0.2, -0.15) is 24.9 Å². The molecule has 4 rings (SSSR count). The Morgan fingerprint density at radius 1 is 1.17 bits per heavy atom. The lowest BCUT2D eigenvalue weighted by Crippen LogP contribution is -2.42. The van der Waals surface area contributed by atoms with Crippen molar-refractivity contribution in [3.8, 4) is 0 Å². The highest BCUT2D eigenvalue weighted by molar-refractivity contribution is 8.00. The summed E-state index contributed by atoms with van der Waals surface area (Å²) in [6.45, 7) is 2.45. The van der Waals surface area contributed by atoms with Crippen LogP contribution in [0.3, 0.4) is 0 Å². The second-order valence-corrected chi connectivity index (χ2v) is 8.68. The molecular formula is C18H23F3N2S. The van der Waals surface area contributed by atoms with E-state index in [2.05, 4.69) is 21.6 Å². The minimum Gasteiger partial charge on any atom is -0.300 e. The van der Waals surface area contributed by atoms with Crippen molar-refractivity contribution < 1.29 is 13.2 Å². The van der Waals surface area contributed by atoms with Gasteiger partial charge in [0.2, 0.25) is 0 Å². The summed E-state index contributed by atoms with van der Waals surface area (Å²) >= 11 is 2.06. The first-order valence-electron chi connectivity index (χ1n) is 8.80. The predicted octanol–water partition coefficient (Wildman–Crippen LogP) is 4.57. The first-order chi connectivity index (χ1) is 11.5. The molecule has 0 radical (unpaired) electrons. The monoisotopic (exact) mass is 356 g/mol. The fourth-order valence-corrected chi connectivity index (χ4v) is 5.79. The summed E-state index contributed by atoms with van der Waals surface area (Å²) in [6.07, 6.45) is 2.49. The molecule has 1 aliphatic carbocycles. The maximum Gasteiger partial charge on any atom is 0.433 e. The van der Waals surface area contributed by atoms with Crippen molar-refractivity contribution in [1.82, 2.24) is 9.88 Å². The van der Waals surface area contributed by atoms with Gasteiger partial charge in [0, 0.05) is 35.7 Å². The number of thioether (sulfide) groups is 1. The summed E-state index contributed by atoms with van der Waals surface area (Å²) in [7, 11) is 0. The van der Waals surface area contributed by atoms with Crippen LogP contribution in [0.5, 0.6) is 0 Å². The van der Waals surface area contributed by atoms with Crippen molar-refractivity contribution in [2.45, 2.75) is 50.2 Å². The summed E-state index contributed by atoms with van der Waals surface area (Å²) in [4.78, 5) is 6.14. The van der Waals surface area contributed by atoms with Gasteiger partial charge < -0.3 is 0 Å². The lowest BCUT2D eigenvalue weighted by molar-refractivity contribution is -0.141. The van der Waals surface area contributed by atoms with Crippen LogP contribution in [0.4, 0.5) is 13.2 Å². The Balaban J connectivity index is 1.36. The Bertz CT molecular complexity index is 592. The van der Waals surface area contributed by atoms with E-state index in [4.69, 9.17) is 0 Å². The lowest BCUT2D eigenvalue weighted by Gasteiger charge is -2.40. The van der Waals surface area contributed by atoms with E-state index in [1.54, 1.807) is 6.07 Å². The minimum absolute atomic E-state index is 0.251. The number of likely N-dealkylation sites (tertiary alicyclic amines) is 1. The molecule has 1 aromatic heterocycles. The van der Waals surface area contributed by atoms with E-state index >= 15 is 0 Å². The van der Waals surface area contributed by atoms with E-state index in [-0.39, 0.29) is 5.92 Å². The Morgan fingerprint density at radius 3 is 2.50 bits per heavy atom. The van der Waals surface area contributed by atoms with E-state index < -0.39 is 11.9 Å². The van der Waals surface area contributed by atoms with Crippen molar-refractivity contribution in [2.24, 2.45) is 5.41 Å². The highest BCUT2D eigenvalue weighted by Gasteiger charge is 2.45. The van der Waals surface area contributed by atoms with Gasteiger partial charge in [-0.15, -0.1) is 0 Å². The van der Waals surface area contributed by atoms with Crippen molar-refractivity contribution in [1.29, 1.82) is 0 Å². The Kier molecular flexibility index (Phi) is 4.32. The second kappa shape index (κ2) is 6.20. The van der Waals surface area contributed by atoms with Crippen LogP contribution in [0.1, 0.15) is 49.3 Å². The molecule has 24 heavy (non-hydrogen) atoms. The molecule has 0 N–H and O–H groups in total. The third-order valence-electron chi connectivity index (χ3n) is 6.04. The van der Waals surface area contributed by atoms with Crippen LogP contribution < -0.4 is 0 Å². The molecule has 0 amide bonds. The molecule has 0 atom stereocenters. The molecule has 3 aliphatic rings. The van der Waals surface area contributed by atoms with E-state index in [0.29, 0.717) is 11.5 Å². The van der Waals surface area contributed by atoms with Gasteiger partial charge >= 0.3 is 6.18 Å². The van der Waals surface area contributed by atoms with Gasteiger partial charge in [0.25, 0.3) is 0 Å². The highest BCUT2D eigenvalue weighted by Crippen LogP contribution is 2.47. The summed E-state index contributed by atoms with van der Waals surface area (Å²) < 4.78 is 38.5. The number of pyridine rings is 1. The van der Waals surface area contributed by atoms with Crippen LogP contribution in [-0.4, -0.2) is 40.5 Å². The lowest BCUT2D eigenvalue weighted by atomic mass is 9.81. The van der Waals surface area contributed by atoms with Gasteiger partial charge in [0.05, 0.1) is 0 Å². The number of alkyl halides is 3. The Labute approximate surface area is 145 Å². The minimum atomic E-state index is -4.35. The number of aromatic nitrogens is 1. The summed E-state index contributed by atoms with van der Waals surface area (Å²) in [5, 5.41) is 0. The van der Waals surface area contributed by atoms with Crippen LogP contribution in [0, 0.1) is 5.41 Å². The molecule has 1 spiro atoms. The first kappa shape index (κ1) is 16.7. The number of nitrogens with zero attached hydrogens (tertiary/aromatic N) is 2. The molecule has 3 heterocycles.